The van der Waals surface area contributed by atoms with Gasteiger partial charge in [-0.15, -0.1) is 34.0 Å². The van der Waals surface area contributed by atoms with Crippen molar-refractivity contribution in [1.29, 1.82) is 0 Å². The minimum absolute atomic E-state index is 0.290. The first kappa shape index (κ1) is 86.6. The number of aromatic nitrogens is 18. The first-order chi connectivity index (χ1) is 69.5. The Morgan fingerprint density at radius 1 is 0.262 bits per heavy atom. The van der Waals surface area contributed by atoms with Gasteiger partial charge in [0, 0.05) is 186 Å². The Morgan fingerprint density at radius 3 is 1.13 bits per heavy atom. The number of fused-ring (bicyclic) bond motifs is 9. The summed E-state index contributed by atoms with van der Waals surface area (Å²) in [6.45, 7) is 0. The summed E-state index contributed by atoms with van der Waals surface area (Å²) in [4.78, 5) is 81.2. The number of nitrogens with zero attached hydrogens (tertiary/aromatic N) is 17. The largest absolute Gasteiger partial charge is 0.358 e. The molecule has 23 nitrogen and oxygen atoms in total. The Hall–Kier alpha value is -17.2. The molecule has 0 bridgehead atoms. The molecule has 0 unspecified atom stereocenters. The van der Waals surface area contributed by atoms with E-state index in [1.807, 2.05) is 207 Å². The van der Waals surface area contributed by atoms with Crippen molar-refractivity contribution in [2.75, 3.05) is 26.6 Å². The van der Waals surface area contributed by atoms with Gasteiger partial charge in [-0.05, 0) is 288 Å². The lowest BCUT2D eigenvalue weighted by atomic mass is 10.1. The summed E-state index contributed by atoms with van der Waals surface area (Å²) in [5.74, 6) is 5.64. The first-order valence-electron chi connectivity index (χ1n) is 46.7. The van der Waals surface area contributed by atoms with Crippen LogP contribution >= 0.6 is 34.0 Å². The summed E-state index contributed by atoms with van der Waals surface area (Å²) in [5, 5.41) is 26.6. The van der Waals surface area contributed by atoms with Gasteiger partial charge in [0.2, 0.25) is 0 Å². The van der Waals surface area contributed by atoms with Crippen molar-refractivity contribution < 1.29 is 8.78 Å². The van der Waals surface area contributed by atoms with E-state index in [0.29, 0.717) is 52.2 Å². The van der Waals surface area contributed by atoms with Crippen molar-refractivity contribution >= 4 is 188 Å². The van der Waals surface area contributed by atoms with Crippen molar-refractivity contribution in [3.05, 3.63) is 380 Å². The minimum Gasteiger partial charge on any atom is -0.358 e. The highest BCUT2D eigenvalue weighted by Crippen LogP contribution is 2.48. The standard InChI is InChI=1S/C24H19N5.C23H16FN5S.2C23H17N5S.C20H14FN3/c1-2-19-23(26-9-1)14-22(16-7-10-25-11-8-16)29-24(19)27-18-5-6-20-17(12-18)13-21(28-20)15-3-4-15;24-17-10-15(11-20-21(17)29-23(30-20)14-3-4-14)27-22-16-2-1-7-26-19(16)12-18(28-22)13-5-8-25-9-6-13;1-3-15(13-24-9-1)19-12-20-17(4-2-10-25-20)22(27-19)26-16-7-8-18-21(11-16)29-23(28-18)14-5-6-14;1-2-10-24-17(5-1)20-13-19-16(4-3-11-25-19)22(27-20)26-15-8-9-18-21(12-15)29-23(28-18)14-6-7-14;21-15-8-4-9-16(12-15)23-20-17-10-5-11-22-19(17)13-18(24-20)14-6-2-1-3-7-14/h1-2,5-15,28H,3-4H2,(H,27,29);1-2,5-12,14H,3-4H2,(H,27,28);1-4,7-14H,5-6H2,(H,26,27);1-5,8-14H,6-7H2,(H,26,27);1-13H,(H,23,24). The van der Waals surface area contributed by atoms with Gasteiger partial charge in [0.15, 0.2) is 5.82 Å². The Labute approximate surface area is 818 Å². The molecular formula is C113H83F2N23S3. The van der Waals surface area contributed by atoms with E-state index in [0.717, 1.165) is 179 Å². The molecule has 0 saturated heterocycles. The van der Waals surface area contributed by atoms with Crippen LogP contribution in [0, 0.1) is 11.6 Å². The van der Waals surface area contributed by atoms with Gasteiger partial charge in [-0.2, -0.15) is 0 Å². The third-order valence-corrected chi connectivity index (χ3v) is 28.3. The van der Waals surface area contributed by atoms with Crippen LogP contribution in [0.25, 0.3) is 152 Å². The molecule has 18 heterocycles. The molecule has 4 aliphatic rings. The molecule has 4 aliphatic carbocycles. The van der Waals surface area contributed by atoms with Gasteiger partial charge in [0.25, 0.3) is 0 Å². The van der Waals surface area contributed by atoms with E-state index in [4.69, 9.17) is 34.9 Å². The van der Waals surface area contributed by atoms with Gasteiger partial charge < -0.3 is 31.6 Å². The van der Waals surface area contributed by atoms with Gasteiger partial charge in [-0.3, -0.25) is 44.9 Å². The maximum absolute atomic E-state index is 14.8. The molecule has 0 aliphatic heterocycles. The van der Waals surface area contributed by atoms with E-state index in [2.05, 4.69) is 142 Å². The van der Waals surface area contributed by atoms with Gasteiger partial charge in [0.1, 0.15) is 40.4 Å². The molecule has 18 aromatic heterocycles. The summed E-state index contributed by atoms with van der Waals surface area (Å²) in [6, 6.07) is 88.0. The van der Waals surface area contributed by atoms with Gasteiger partial charge in [0.05, 0.1) is 102 Å². The maximum Gasteiger partial charge on any atom is 0.152 e. The fourth-order valence-electron chi connectivity index (χ4n) is 17.0. The van der Waals surface area contributed by atoms with E-state index < -0.39 is 0 Å². The average molecular weight is 1900 g/mol. The highest BCUT2D eigenvalue weighted by Gasteiger charge is 2.31. The third kappa shape index (κ3) is 19.5. The number of thiazole rings is 3. The van der Waals surface area contributed by atoms with Crippen LogP contribution in [-0.4, -0.2) is 89.7 Å². The fourth-order valence-corrected chi connectivity index (χ4v) is 20.5. The van der Waals surface area contributed by atoms with Crippen molar-refractivity contribution in [1.82, 2.24) is 89.7 Å². The van der Waals surface area contributed by atoms with Crippen molar-refractivity contribution in [3.8, 4) is 56.4 Å². The molecule has 28 heteroatoms. The van der Waals surface area contributed by atoms with Crippen LogP contribution in [0.1, 0.15) is 95.8 Å². The van der Waals surface area contributed by atoms with E-state index >= 15 is 0 Å². The SMILES string of the molecule is Fc1cc(Nc2nc(-c3ccncc3)cc3ncccc23)cc2sc(C3CC3)nc12.Fc1cccc(Nc2nc(-c3ccccc3)cc3ncccc23)c1.c1ccc(-c2cc3ncccc3c(Nc3ccc4nc(C5CC5)sc4c3)n2)nc1.c1cnc2cc(-c3ccncc3)nc(Nc3ccc4[nH]c(C5CC5)cc4c3)c2c1.c1cncc(-c2cc3ncccc3c(Nc3ccc4nc(C5CC5)sc4c3)n2)c1. The fraction of sp³-hybridized carbons (Fsp3) is 0.106. The summed E-state index contributed by atoms with van der Waals surface area (Å²) in [5.41, 5.74) is 22.7. The summed E-state index contributed by atoms with van der Waals surface area (Å²) >= 11 is 5.19. The van der Waals surface area contributed by atoms with Gasteiger partial charge >= 0.3 is 0 Å². The van der Waals surface area contributed by atoms with Crippen LogP contribution in [0.3, 0.4) is 0 Å². The second kappa shape index (κ2) is 38.4. The van der Waals surface area contributed by atoms with Crippen LogP contribution in [0.2, 0.25) is 0 Å². The van der Waals surface area contributed by atoms with Crippen LogP contribution < -0.4 is 26.6 Å². The Morgan fingerprint density at radius 2 is 0.667 bits per heavy atom. The van der Waals surface area contributed by atoms with Crippen LogP contribution in [0.4, 0.5) is 66.3 Å². The minimum atomic E-state index is -0.314. The molecule has 682 valence electrons. The third-order valence-electron chi connectivity index (χ3n) is 24.8. The van der Waals surface area contributed by atoms with Crippen molar-refractivity contribution in [3.63, 3.8) is 0 Å². The predicted molar refractivity (Wildman–Crippen MR) is 564 cm³/mol. The monoisotopic (exact) mass is 1900 g/mol. The summed E-state index contributed by atoms with van der Waals surface area (Å²) in [7, 11) is 0. The molecule has 4 fully saturated rings. The number of H-pyrrole nitrogens is 1. The molecule has 141 heavy (non-hydrogen) atoms. The normalized spacial score (nSPS) is 13.3. The van der Waals surface area contributed by atoms with E-state index in [-0.39, 0.29) is 11.6 Å². The molecular weight excluding hydrogens is 1810 g/mol. The number of anilines is 10. The molecule has 28 rings (SSSR count). The molecule has 4 saturated carbocycles. The topological polar surface area (TPSA) is 295 Å². The number of hydrogen-bond acceptors (Lipinski definition) is 25. The zero-order valence-corrected chi connectivity index (χ0v) is 77.9. The molecule has 0 spiro atoms. The number of pyridine rings is 14. The number of hydrogen-bond donors (Lipinski definition) is 6. The zero-order valence-electron chi connectivity index (χ0n) is 75.5. The lowest BCUT2D eigenvalue weighted by molar-refractivity contribution is 0.628. The maximum atomic E-state index is 14.8. The second-order valence-electron chi connectivity index (χ2n) is 35.0. The van der Waals surface area contributed by atoms with Crippen molar-refractivity contribution in [2.45, 2.75) is 75.0 Å². The van der Waals surface area contributed by atoms with Crippen LogP contribution in [-0.2, 0) is 0 Å². The first-order valence-corrected chi connectivity index (χ1v) is 49.1. The Bertz CT molecular complexity index is 8270. The lowest BCUT2D eigenvalue weighted by Crippen LogP contribution is -1.98. The van der Waals surface area contributed by atoms with Crippen LogP contribution in [0.5, 0.6) is 0 Å². The van der Waals surface area contributed by atoms with Crippen LogP contribution in [0.15, 0.2) is 347 Å². The number of benzene rings is 6. The predicted octanol–water partition coefficient (Wildman–Crippen LogP) is 28.9. The highest BCUT2D eigenvalue weighted by atomic mass is 32.1. The second-order valence-corrected chi connectivity index (χ2v) is 38.2. The van der Waals surface area contributed by atoms with Crippen molar-refractivity contribution in [2.24, 2.45) is 0 Å². The van der Waals surface area contributed by atoms with E-state index in [1.165, 1.54) is 92.7 Å². The number of rotatable bonds is 19. The Kier molecular flexibility index (Phi) is 23.6. The molecule has 24 aromatic rings. The van der Waals surface area contributed by atoms with Gasteiger partial charge in [-0.1, -0.05) is 42.5 Å². The molecule has 6 N–H and O–H groups in total. The van der Waals surface area contributed by atoms with Gasteiger partial charge in [-0.25, -0.2) is 48.7 Å². The summed E-state index contributed by atoms with van der Waals surface area (Å²) in [6.07, 6.45) is 31.3. The van der Waals surface area contributed by atoms with E-state index in [1.54, 1.807) is 95.8 Å². The number of halogens is 2. The zero-order chi connectivity index (χ0) is 94.1. The molecule has 0 radical (unpaired) electrons. The lowest BCUT2D eigenvalue weighted by Gasteiger charge is -2.11. The molecule has 0 atom stereocenters. The highest BCUT2D eigenvalue weighted by molar-refractivity contribution is 7.19. The quantitative estimate of drug-likeness (QED) is 0.0438. The molecule has 0 amide bonds. The average Bonchev–Trinajstić information content (AvgIpc) is 1.57. The smallest absolute Gasteiger partial charge is 0.152 e. The Balaban J connectivity index is 0.0000000956. The summed E-state index contributed by atoms with van der Waals surface area (Å²) < 4.78 is 31.5. The van der Waals surface area contributed by atoms with E-state index in [9.17, 15) is 8.78 Å². The number of aromatic amines is 1. The number of nitrogens with one attached hydrogen (secondary N) is 6. The molecule has 6 aromatic carbocycles.